The monoisotopic (exact) mass is 428 g/mol. The molecular weight excluding hydrogens is 400 g/mol. The van der Waals surface area contributed by atoms with Gasteiger partial charge in [-0.1, -0.05) is 42.0 Å². The van der Waals surface area contributed by atoms with Crippen LogP contribution in [0.5, 0.6) is 5.75 Å². The van der Waals surface area contributed by atoms with E-state index >= 15 is 0 Å². The second-order valence-corrected chi connectivity index (χ2v) is 7.91. The van der Waals surface area contributed by atoms with Gasteiger partial charge in [0.2, 0.25) is 0 Å². The average molecular weight is 429 g/mol. The minimum atomic E-state index is -0.145. The first-order valence-electron chi connectivity index (χ1n) is 10.9. The zero-order valence-corrected chi connectivity index (χ0v) is 19.0. The van der Waals surface area contributed by atoms with Gasteiger partial charge in [0, 0.05) is 18.3 Å². The summed E-state index contributed by atoms with van der Waals surface area (Å²) < 4.78 is 7.24. The Bertz CT molecular complexity index is 1260. The molecule has 0 aliphatic heterocycles. The Hall–Kier alpha value is -3.67. The van der Waals surface area contributed by atoms with Crippen LogP contribution in [-0.4, -0.2) is 33.7 Å². The molecule has 0 aliphatic rings. The highest BCUT2D eigenvalue weighted by Crippen LogP contribution is 2.28. The standard InChI is InChI=1S/C26H28N4O2/c1-5-32-22-11-9-20(10-12-22)13-14-27-26(31)23-16-28-25-24(18(3)29-30(25)19(23)4)21-8-6-7-17(2)15-21/h6-12,15-16H,5,13-14H2,1-4H3,(H,27,31). The van der Waals surface area contributed by atoms with E-state index < -0.39 is 0 Å². The fourth-order valence-electron chi connectivity index (χ4n) is 3.90. The highest BCUT2D eigenvalue weighted by molar-refractivity contribution is 5.95. The van der Waals surface area contributed by atoms with Gasteiger partial charge in [0.05, 0.1) is 23.6 Å². The molecule has 0 aliphatic carbocycles. The molecule has 2 aromatic carbocycles. The van der Waals surface area contributed by atoms with Crippen molar-refractivity contribution in [3.63, 3.8) is 0 Å². The Labute approximate surface area is 188 Å². The van der Waals surface area contributed by atoms with Gasteiger partial charge in [0.1, 0.15) is 5.75 Å². The van der Waals surface area contributed by atoms with E-state index in [0.717, 1.165) is 45.9 Å². The van der Waals surface area contributed by atoms with Crippen molar-refractivity contribution in [3.05, 3.63) is 82.8 Å². The zero-order chi connectivity index (χ0) is 22.7. The van der Waals surface area contributed by atoms with E-state index in [1.54, 1.807) is 10.7 Å². The fourth-order valence-corrected chi connectivity index (χ4v) is 3.90. The van der Waals surface area contributed by atoms with Crippen LogP contribution in [0.15, 0.2) is 54.7 Å². The summed E-state index contributed by atoms with van der Waals surface area (Å²) in [6.45, 7) is 9.10. The number of aromatic nitrogens is 3. The Morgan fingerprint density at radius 2 is 1.88 bits per heavy atom. The van der Waals surface area contributed by atoms with E-state index in [0.29, 0.717) is 18.7 Å². The highest BCUT2D eigenvalue weighted by Gasteiger charge is 2.18. The normalized spacial score (nSPS) is 11.0. The van der Waals surface area contributed by atoms with Gasteiger partial charge >= 0.3 is 0 Å². The number of benzene rings is 2. The third-order valence-corrected chi connectivity index (χ3v) is 5.54. The molecule has 32 heavy (non-hydrogen) atoms. The Morgan fingerprint density at radius 1 is 1.09 bits per heavy atom. The lowest BCUT2D eigenvalue weighted by molar-refractivity contribution is 0.0952. The van der Waals surface area contributed by atoms with Gasteiger partial charge in [-0.3, -0.25) is 4.79 Å². The summed E-state index contributed by atoms with van der Waals surface area (Å²) in [7, 11) is 0. The van der Waals surface area contributed by atoms with Crippen LogP contribution in [0.4, 0.5) is 0 Å². The van der Waals surface area contributed by atoms with Gasteiger partial charge in [-0.05, 0) is 57.4 Å². The number of fused-ring (bicyclic) bond motifs is 1. The third-order valence-electron chi connectivity index (χ3n) is 5.54. The van der Waals surface area contributed by atoms with Crippen molar-refractivity contribution in [2.75, 3.05) is 13.2 Å². The van der Waals surface area contributed by atoms with Crippen LogP contribution >= 0.6 is 0 Å². The lowest BCUT2D eigenvalue weighted by Crippen LogP contribution is -2.27. The molecule has 0 spiro atoms. The number of ether oxygens (including phenoxy) is 1. The minimum absolute atomic E-state index is 0.145. The molecule has 6 heteroatoms. The lowest BCUT2D eigenvalue weighted by Gasteiger charge is -2.10. The molecule has 0 bridgehead atoms. The Balaban J connectivity index is 1.50. The molecule has 0 fully saturated rings. The van der Waals surface area contributed by atoms with Crippen LogP contribution in [0, 0.1) is 20.8 Å². The van der Waals surface area contributed by atoms with Gasteiger partial charge in [-0.15, -0.1) is 0 Å². The number of hydrogen-bond donors (Lipinski definition) is 1. The predicted octanol–water partition coefficient (Wildman–Crippen LogP) is 4.69. The fraction of sp³-hybridized carbons (Fsp3) is 0.269. The summed E-state index contributed by atoms with van der Waals surface area (Å²) >= 11 is 0. The number of hydrogen-bond acceptors (Lipinski definition) is 4. The van der Waals surface area contributed by atoms with Crippen LogP contribution in [0.2, 0.25) is 0 Å². The molecule has 0 saturated carbocycles. The quantitative estimate of drug-likeness (QED) is 0.464. The lowest BCUT2D eigenvalue weighted by atomic mass is 10.0. The van der Waals surface area contributed by atoms with Crippen molar-refractivity contribution in [3.8, 4) is 16.9 Å². The van der Waals surface area contributed by atoms with E-state index in [1.165, 1.54) is 5.56 Å². The zero-order valence-electron chi connectivity index (χ0n) is 19.0. The van der Waals surface area contributed by atoms with Crippen molar-refractivity contribution in [2.45, 2.75) is 34.1 Å². The molecule has 4 rings (SSSR count). The number of aryl methyl sites for hydroxylation is 3. The summed E-state index contributed by atoms with van der Waals surface area (Å²) in [6.07, 6.45) is 2.39. The van der Waals surface area contributed by atoms with E-state index in [2.05, 4.69) is 40.5 Å². The van der Waals surface area contributed by atoms with Gasteiger partial charge in [-0.25, -0.2) is 9.50 Å². The summed E-state index contributed by atoms with van der Waals surface area (Å²) in [4.78, 5) is 17.4. The average Bonchev–Trinajstić information content (AvgIpc) is 3.12. The first kappa shape index (κ1) is 21.6. The van der Waals surface area contributed by atoms with Gasteiger partial charge in [0.15, 0.2) is 5.65 Å². The Kier molecular flexibility index (Phi) is 6.21. The van der Waals surface area contributed by atoms with Crippen LogP contribution < -0.4 is 10.1 Å². The summed E-state index contributed by atoms with van der Waals surface area (Å²) in [5.74, 6) is 0.711. The summed E-state index contributed by atoms with van der Waals surface area (Å²) in [6, 6.07) is 16.2. The molecule has 164 valence electrons. The topological polar surface area (TPSA) is 68.5 Å². The number of carbonyl (C=O) groups is 1. The number of nitrogens with zero attached hydrogens (tertiary/aromatic N) is 3. The Morgan fingerprint density at radius 3 is 2.59 bits per heavy atom. The second kappa shape index (κ2) is 9.22. The molecule has 0 unspecified atom stereocenters. The van der Waals surface area contributed by atoms with Crippen LogP contribution in [-0.2, 0) is 6.42 Å². The molecule has 2 heterocycles. The number of nitrogens with one attached hydrogen (secondary N) is 1. The SMILES string of the molecule is CCOc1ccc(CCNC(=O)c2cnc3c(-c4cccc(C)c4)c(C)nn3c2C)cc1. The van der Waals surface area contributed by atoms with Gasteiger partial charge < -0.3 is 10.1 Å². The molecular formula is C26H28N4O2. The maximum absolute atomic E-state index is 12.8. The molecule has 1 amide bonds. The molecule has 6 nitrogen and oxygen atoms in total. The maximum atomic E-state index is 12.8. The molecule has 2 aromatic heterocycles. The molecule has 0 atom stereocenters. The highest BCUT2D eigenvalue weighted by atomic mass is 16.5. The molecule has 0 saturated heterocycles. The summed E-state index contributed by atoms with van der Waals surface area (Å²) in [5, 5.41) is 7.68. The van der Waals surface area contributed by atoms with Crippen molar-refractivity contribution in [2.24, 2.45) is 0 Å². The molecule has 4 aromatic rings. The number of amides is 1. The van der Waals surface area contributed by atoms with E-state index in [4.69, 9.17) is 4.74 Å². The van der Waals surface area contributed by atoms with Gasteiger partial charge in [-0.2, -0.15) is 5.10 Å². The maximum Gasteiger partial charge on any atom is 0.254 e. The van der Waals surface area contributed by atoms with E-state index in [9.17, 15) is 4.79 Å². The van der Waals surface area contributed by atoms with Crippen molar-refractivity contribution < 1.29 is 9.53 Å². The number of carbonyl (C=O) groups excluding carboxylic acids is 1. The summed E-state index contributed by atoms with van der Waals surface area (Å²) in [5.41, 5.74) is 7.36. The number of rotatable bonds is 7. The largest absolute Gasteiger partial charge is 0.494 e. The minimum Gasteiger partial charge on any atom is -0.494 e. The first-order valence-corrected chi connectivity index (χ1v) is 10.9. The smallest absolute Gasteiger partial charge is 0.254 e. The van der Waals surface area contributed by atoms with Crippen molar-refractivity contribution in [1.29, 1.82) is 0 Å². The second-order valence-electron chi connectivity index (χ2n) is 7.91. The van der Waals surface area contributed by atoms with Gasteiger partial charge in [0.25, 0.3) is 5.91 Å². The molecule has 0 radical (unpaired) electrons. The van der Waals surface area contributed by atoms with Crippen molar-refractivity contribution >= 4 is 11.6 Å². The van der Waals surface area contributed by atoms with Crippen LogP contribution in [0.3, 0.4) is 0 Å². The van der Waals surface area contributed by atoms with E-state index in [1.807, 2.05) is 51.1 Å². The first-order chi connectivity index (χ1) is 15.5. The van der Waals surface area contributed by atoms with Crippen LogP contribution in [0.25, 0.3) is 16.8 Å². The molecule has 1 N–H and O–H groups in total. The predicted molar refractivity (Wildman–Crippen MR) is 126 cm³/mol. The van der Waals surface area contributed by atoms with Crippen molar-refractivity contribution in [1.82, 2.24) is 19.9 Å². The van der Waals surface area contributed by atoms with E-state index in [-0.39, 0.29) is 5.91 Å². The van der Waals surface area contributed by atoms with Crippen LogP contribution in [0.1, 0.15) is 39.8 Å². The third kappa shape index (κ3) is 4.35.